The average molecular weight is 519 g/mol. The van der Waals surface area contributed by atoms with Crippen molar-refractivity contribution in [2.24, 2.45) is 0 Å². The minimum absolute atomic E-state index is 0.188. The molecular formula is C27H30ClF3N4O. The number of amides is 1. The van der Waals surface area contributed by atoms with Gasteiger partial charge in [-0.25, -0.2) is 0 Å². The van der Waals surface area contributed by atoms with E-state index in [1.165, 1.54) is 12.1 Å². The number of nitrogens with one attached hydrogen (secondary N) is 1. The van der Waals surface area contributed by atoms with Crippen molar-refractivity contribution in [1.29, 1.82) is 0 Å². The van der Waals surface area contributed by atoms with E-state index < -0.39 is 28.7 Å². The number of hydrogen-bond donors (Lipinski definition) is 1. The zero-order valence-corrected chi connectivity index (χ0v) is 21.3. The van der Waals surface area contributed by atoms with E-state index in [-0.39, 0.29) is 11.1 Å². The Morgan fingerprint density at radius 2 is 1.81 bits per heavy atom. The van der Waals surface area contributed by atoms with Gasteiger partial charge >= 0.3 is 6.18 Å². The Morgan fingerprint density at radius 3 is 2.36 bits per heavy atom. The van der Waals surface area contributed by atoms with Crippen LogP contribution in [0.3, 0.4) is 0 Å². The topological polar surface area (TPSA) is 50.2 Å². The van der Waals surface area contributed by atoms with Gasteiger partial charge in [0.05, 0.1) is 28.4 Å². The van der Waals surface area contributed by atoms with Gasteiger partial charge in [0.2, 0.25) is 0 Å². The Kier molecular flexibility index (Phi) is 7.48. The molecule has 3 aromatic rings. The highest BCUT2D eigenvalue weighted by molar-refractivity contribution is 6.34. The highest BCUT2D eigenvalue weighted by Gasteiger charge is 2.45. The Labute approximate surface area is 214 Å². The maximum atomic E-state index is 13.4. The van der Waals surface area contributed by atoms with Gasteiger partial charge in [-0.3, -0.25) is 9.48 Å². The van der Waals surface area contributed by atoms with Crippen molar-refractivity contribution < 1.29 is 18.0 Å². The summed E-state index contributed by atoms with van der Waals surface area (Å²) in [6, 6.07) is 10.9. The summed E-state index contributed by atoms with van der Waals surface area (Å²) < 4.78 is 42.1. The second kappa shape index (κ2) is 10.3. The van der Waals surface area contributed by atoms with Gasteiger partial charge in [-0.2, -0.15) is 18.3 Å². The van der Waals surface area contributed by atoms with E-state index in [1.807, 2.05) is 62.4 Å². The van der Waals surface area contributed by atoms with E-state index in [1.54, 1.807) is 0 Å². The van der Waals surface area contributed by atoms with E-state index in [0.29, 0.717) is 0 Å². The second-order valence-electron chi connectivity index (χ2n) is 9.48. The van der Waals surface area contributed by atoms with Crippen LogP contribution in [0.5, 0.6) is 0 Å². The maximum absolute atomic E-state index is 13.4. The number of alkyl halides is 3. The normalized spacial score (nSPS) is 16.3. The van der Waals surface area contributed by atoms with Crippen molar-refractivity contribution in [3.8, 4) is 11.1 Å². The molecule has 2 aromatic carbocycles. The molecule has 1 atom stereocenters. The molecule has 1 unspecified atom stereocenters. The lowest BCUT2D eigenvalue weighted by molar-refractivity contribution is -0.137. The average Bonchev–Trinajstić information content (AvgIpc) is 3.53. The number of carbonyl (C=O) groups excluding carboxylic acids is 1. The Balaban J connectivity index is 1.71. The largest absolute Gasteiger partial charge is 0.417 e. The van der Waals surface area contributed by atoms with Crippen LogP contribution in [0.1, 0.15) is 60.1 Å². The van der Waals surface area contributed by atoms with E-state index in [0.717, 1.165) is 55.0 Å². The van der Waals surface area contributed by atoms with Crippen LogP contribution >= 0.6 is 11.6 Å². The number of hydrogen-bond acceptors (Lipinski definition) is 3. The molecule has 1 fully saturated rings. The van der Waals surface area contributed by atoms with Gasteiger partial charge in [-0.05, 0) is 57.1 Å². The van der Waals surface area contributed by atoms with Crippen LogP contribution in [0.2, 0.25) is 5.02 Å². The first-order valence-electron chi connectivity index (χ1n) is 12.0. The molecule has 4 rings (SSSR count). The number of aryl methyl sites for hydroxylation is 1. The molecule has 5 nitrogen and oxygen atoms in total. The SMILES string of the molecule is CCn1cc(-c2ccc(C(NC(=O)c3cccc(C(F)(F)F)c3Cl)C3(N(C)C)CCCC3)cc2)cn1. The molecule has 1 aliphatic rings. The lowest BCUT2D eigenvalue weighted by Crippen LogP contribution is -2.53. The van der Waals surface area contributed by atoms with E-state index >= 15 is 0 Å². The van der Waals surface area contributed by atoms with Gasteiger partial charge in [0.1, 0.15) is 0 Å². The fourth-order valence-corrected chi connectivity index (χ4v) is 5.52. The van der Waals surface area contributed by atoms with Gasteiger partial charge in [-0.1, -0.05) is 54.8 Å². The maximum Gasteiger partial charge on any atom is 0.417 e. The van der Waals surface area contributed by atoms with E-state index in [9.17, 15) is 18.0 Å². The number of halogens is 4. The van der Waals surface area contributed by atoms with Crippen molar-refractivity contribution in [3.63, 3.8) is 0 Å². The smallest absolute Gasteiger partial charge is 0.343 e. The van der Waals surface area contributed by atoms with Crippen molar-refractivity contribution >= 4 is 17.5 Å². The predicted molar refractivity (Wildman–Crippen MR) is 135 cm³/mol. The summed E-state index contributed by atoms with van der Waals surface area (Å²) in [5.41, 5.74) is 1.28. The molecule has 0 aliphatic heterocycles. The Morgan fingerprint density at radius 1 is 1.14 bits per heavy atom. The highest BCUT2D eigenvalue weighted by Crippen LogP contribution is 2.44. The van der Waals surface area contributed by atoms with E-state index in [4.69, 9.17) is 11.6 Å². The number of aromatic nitrogens is 2. The molecular weight excluding hydrogens is 489 g/mol. The number of rotatable bonds is 7. The van der Waals surface area contributed by atoms with Gasteiger partial charge in [0.25, 0.3) is 5.91 Å². The molecule has 1 aromatic heterocycles. The lowest BCUT2D eigenvalue weighted by atomic mass is 9.81. The van der Waals surface area contributed by atoms with Gasteiger partial charge in [0.15, 0.2) is 0 Å². The summed E-state index contributed by atoms with van der Waals surface area (Å²) in [5, 5.41) is 6.80. The molecule has 0 radical (unpaired) electrons. The third-order valence-corrected chi connectivity index (χ3v) is 7.66. The molecule has 36 heavy (non-hydrogen) atoms. The summed E-state index contributed by atoms with van der Waals surface area (Å²) in [6.07, 6.45) is 2.85. The summed E-state index contributed by atoms with van der Waals surface area (Å²) >= 11 is 6.08. The predicted octanol–water partition coefficient (Wildman–Crippen LogP) is 6.59. The number of likely N-dealkylation sites (N-methyl/N-ethyl adjacent to an activating group) is 1. The van der Waals surface area contributed by atoms with Crippen LogP contribution in [0, 0.1) is 0 Å². The molecule has 1 amide bonds. The van der Waals surface area contributed by atoms with Crippen LogP contribution in [0.15, 0.2) is 54.9 Å². The highest BCUT2D eigenvalue weighted by atomic mass is 35.5. The number of carbonyl (C=O) groups is 1. The standard InChI is InChI=1S/C27H30ClF3N4O/c1-4-35-17-20(16-32-35)18-10-12-19(13-11-18)24(26(34(2)3)14-5-6-15-26)33-25(36)21-8-7-9-22(23(21)28)27(29,30)31/h7-13,16-17,24H,4-6,14-15H2,1-3H3,(H,33,36). The number of benzene rings is 2. The zero-order valence-electron chi connectivity index (χ0n) is 20.6. The molecule has 192 valence electrons. The fourth-order valence-electron chi connectivity index (χ4n) is 5.20. The van der Waals surface area contributed by atoms with Crippen LogP contribution in [0.25, 0.3) is 11.1 Å². The van der Waals surface area contributed by atoms with Crippen LogP contribution in [-0.2, 0) is 12.7 Å². The summed E-state index contributed by atoms with van der Waals surface area (Å²) in [6.45, 7) is 2.79. The first-order chi connectivity index (χ1) is 17.1. The molecule has 1 aliphatic carbocycles. The first kappa shape index (κ1) is 26.2. The fraction of sp³-hybridized carbons (Fsp3) is 0.407. The van der Waals surface area contributed by atoms with Gasteiger partial charge < -0.3 is 10.2 Å². The molecule has 0 saturated heterocycles. The quantitative estimate of drug-likeness (QED) is 0.384. The van der Waals surface area contributed by atoms with Crippen molar-refractivity contribution in [3.05, 3.63) is 76.6 Å². The summed E-state index contributed by atoms with van der Waals surface area (Å²) in [5.74, 6) is -0.627. The monoisotopic (exact) mass is 518 g/mol. The molecule has 9 heteroatoms. The van der Waals surface area contributed by atoms with Gasteiger partial charge in [0, 0.05) is 23.8 Å². The third kappa shape index (κ3) is 5.02. The second-order valence-corrected chi connectivity index (χ2v) is 9.86. The van der Waals surface area contributed by atoms with Crippen molar-refractivity contribution in [1.82, 2.24) is 20.0 Å². The molecule has 1 heterocycles. The van der Waals surface area contributed by atoms with Gasteiger partial charge in [-0.15, -0.1) is 0 Å². The lowest BCUT2D eigenvalue weighted by Gasteiger charge is -2.44. The van der Waals surface area contributed by atoms with Crippen molar-refractivity contribution in [2.75, 3.05) is 14.1 Å². The molecule has 1 saturated carbocycles. The van der Waals surface area contributed by atoms with Crippen LogP contribution < -0.4 is 5.32 Å². The van der Waals surface area contributed by atoms with Crippen LogP contribution in [0.4, 0.5) is 13.2 Å². The Hall–Kier alpha value is -2.84. The van der Waals surface area contributed by atoms with E-state index in [2.05, 4.69) is 15.3 Å². The molecule has 0 bridgehead atoms. The third-order valence-electron chi connectivity index (χ3n) is 7.26. The van der Waals surface area contributed by atoms with Crippen LogP contribution in [-0.4, -0.2) is 40.2 Å². The molecule has 0 spiro atoms. The summed E-state index contributed by atoms with van der Waals surface area (Å²) in [4.78, 5) is 15.5. The molecule has 1 N–H and O–H groups in total. The minimum Gasteiger partial charge on any atom is -0.343 e. The zero-order chi connectivity index (χ0) is 26.1. The number of nitrogens with zero attached hydrogens (tertiary/aromatic N) is 3. The Bertz CT molecular complexity index is 1210. The first-order valence-corrected chi connectivity index (χ1v) is 12.4. The van der Waals surface area contributed by atoms with Crippen molar-refractivity contribution in [2.45, 2.75) is 56.9 Å². The minimum atomic E-state index is -4.65. The summed E-state index contributed by atoms with van der Waals surface area (Å²) in [7, 11) is 3.96.